The Morgan fingerprint density at radius 1 is 1.10 bits per heavy atom. The number of hydrogen-bond donors (Lipinski definition) is 0. The van der Waals surface area contributed by atoms with Crippen molar-refractivity contribution >= 4 is 9.72 Å². The maximum absolute atomic E-state index is 3.12. The van der Waals surface area contributed by atoms with Crippen LogP contribution in [0.3, 0.4) is 0 Å². The third kappa shape index (κ3) is 1.83. The van der Waals surface area contributed by atoms with Gasteiger partial charge in [0.25, 0.3) is 0 Å². The Hall–Kier alpha value is -0.318. The molecule has 10 heavy (non-hydrogen) atoms. The molecule has 0 radical (unpaired) electrons. The molecule has 0 unspecified atom stereocenters. The van der Waals surface area contributed by atoms with Crippen molar-refractivity contribution in [1.29, 1.82) is 0 Å². The van der Waals surface area contributed by atoms with E-state index in [1.165, 1.54) is 5.69 Å². The zero-order valence-electron chi connectivity index (χ0n) is 6.07. The average Bonchev–Trinajstić information content (AvgIpc) is 1.88. The summed E-state index contributed by atoms with van der Waals surface area (Å²) in [4.78, 5) is 2.08. The van der Waals surface area contributed by atoms with E-state index >= 15 is 0 Å². The first-order valence-corrected chi connectivity index (χ1v) is 3.87. The van der Waals surface area contributed by atoms with E-state index in [4.69, 9.17) is 0 Å². The summed E-state index contributed by atoms with van der Waals surface area (Å²) in [5.41, 5.74) is 1.23. The van der Waals surface area contributed by atoms with Crippen LogP contribution in [0.15, 0.2) is 24.3 Å². The van der Waals surface area contributed by atoms with E-state index in [0.29, 0.717) is 0 Å². The van der Waals surface area contributed by atoms with Gasteiger partial charge in [0.15, 0.2) is 0 Å². The molecule has 0 aliphatic rings. The summed E-state index contributed by atoms with van der Waals surface area (Å²) in [5, 5.41) is 0. The number of rotatable bonds is 1. The monoisotopic (exact) mass is 226 g/mol. The molecule has 0 bridgehead atoms. The third-order valence-corrected chi connectivity index (χ3v) is 1.84. The van der Waals surface area contributed by atoms with Crippen molar-refractivity contribution in [2.45, 2.75) is 0 Å². The molecule has 0 N–H and O–H groups in total. The van der Waals surface area contributed by atoms with Crippen LogP contribution in [-0.2, 0) is 19.2 Å². The van der Waals surface area contributed by atoms with Gasteiger partial charge < -0.3 is 0 Å². The van der Waals surface area contributed by atoms with Crippen LogP contribution in [0.4, 0.5) is 5.69 Å². The fourth-order valence-corrected chi connectivity index (χ4v) is 0.988. The first-order chi connectivity index (χ1) is 4.70. The van der Waals surface area contributed by atoms with Crippen LogP contribution in [0, 0.1) is 0 Å². The van der Waals surface area contributed by atoms with Crippen molar-refractivity contribution in [3.63, 3.8) is 0 Å². The molecule has 1 rings (SSSR count). The van der Waals surface area contributed by atoms with Crippen LogP contribution in [0.1, 0.15) is 0 Å². The summed E-state index contributed by atoms with van der Waals surface area (Å²) in [6.07, 6.45) is 0. The van der Waals surface area contributed by atoms with Gasteiger partial charge in [-0.1, -0.05) is 0 Å². The number of anilines is 1. The SMILES string of the molecule is CN(C)c1cc[c]([Pd])cc1. The summed E-state index contributed by atoms with van der Waals surface area (Å²) in [6.45, 7) is 0. The van der Waals surface area contributed by atoms with Gasteiger partial charge in [-0.25, -0.2) is 0 Å². The Morgan fingerprint density at radius 2 is 1.60 bits per heavy atom. The van der Waals surface area contributed by atoms with E-state index in [-0.39, 0.29) is 0 Å². The molecule has 0 saturated heterocycles. The minimum absolute atomic E-state index is 1.16. The van der Waals surface area contributed by atoms with Gasteiger partial charge in [-0.15, -0.1) is 0 Å². The predicted octanol–water partition coefficient (Wildman–Crippen LogP) is 0.925. The van der Waals surface area contributed by atoms with Crippen LogP contribution in [0.5, 0.6) is 0 Å². The van der Waals surface area contributed by atoms with Crippen LogP contribution in [0.2, 0.25) is 0 Å². The van der Waals surface area contributed by atoms with Gasteiger partial charge in [0.05, 0.1) is 0 Å². The zero-order valence-corrected chi connectivity index (χ0v) is 7.63. The second-order valence-corrected chi connectivity index (χ2v) is 3.23. The van der Waals surface area contributed by atoms with E-state index in [1.54, 1.807) is 0 Å². The van der Waals surface area contributed by atoms with E-state index in [1.807, 2.05) is 14.1 Å². The summed E-state index contributed by atoms with van der Waals surface area (Å²) in [7, 11) is 4.07. The van der Waals surface area contributed by atoms with Gasteiger partial charge in [-0.05, 0) is 0 Å². The van der Waals surface area contributed by atoms with E-state index in [2.05, 4.69) is 48.4 Å². The van der Waals surface area contributed by atoms with E-state index < -0.39 is 0 Å². The molecule has 2 heteroatoms. The number of hydrogen-bond acceptors (Lipinski definition) is 1. The molecule has 0 spiro atoms. The average molecular weight is 227 g/mol. The van der Waals surface area contributed by atoms with Gasteiger partial charge in [0.2, 0.25) is 0 Å². The summed E-state index contributed by atoms with van der Waals surface area (Å²) < 4.78 is 1.16. The predicted molar refractivity (Wildman–Crippen MR) is 40.4 cm³/mol. The Balaban J connectivity index is 2.89. The van der Waals surface area contributed by atoms with Crippen molar-refractivity contribution in [3.8, 4) is 0 Å². The standard InChI is InChI=1S/C8H10N.Pd/c1-9(2)8-6-4-3-5-7-8;/h4-7H,1-2H3;. The van der Waals surface area contributed by atoms with E-state index in [9.17, 15) is 0 Å². The maximum atomic E-state index is 3.12. The molecule has 0 aliphatic heterocycles. The van der Waals surface area contributed by atoms with Crippen molar-refractivity contribution in [2.75, 3.05) is 19.0 Å². The molecule has 1 aromatic rings. The molecule has 1 aromatic carbocycles. The third-order valence-electron chi connectivity index (χ3n) is 1.32. The Morgan fingerprint density at radius 3 is 2.00 bits per heavy atom. The summed E-state index contributed by atoms with van der Waals surface area (Å²) in [6, 6.07) is 8.27. The molecule has 0 aliphatic carbocycles. The summed E-state index contributed by atoms with van der Waals surface area (Å²) in [5.74, 6) is 0. The molecular weight excluding hydrogens is 217 g/mol. The van der Waals surface area contributed by atoms with Crippen molar-refractivity contribution in [3.05, 3.63) is 24.3 Å². The molecule has 57 valence electrons. The van der Waals surface area contributed by atoms with Crippen molar-refractivity contribution < 1.29 is 19.2 Å². The summed E-state index contributed by atoms with van der Waals surface area (Å²) >= 11 is 3.12. The van der Waals surface area contributed by atoms with Gasteiger partial charge in [0, 0.05) is 0 Å². The van der Waals surface area contributed by atoms with Crippen molar-refractivity contribution in [2.24, 2.45) is 0 Å². The first kappa shape index (κ1) is 7.79. The van der Waals surface area contributed by atoms with Gasteiger partial charge in [-0.2, -0.15) is 0 Å². The van der Waals surface area contributed by atoms with Gasteiger partial charge in [-0.3, -0.25) is 0 Å². The molecule has 1 nitrogen and oxygen atoms in total. The molecular formula is C8H10NPd. The normalized spacial score (nSPS) is 9.60. The fourth-order valence-electron chi connectivity index (χ4n) is 0.729. The topological polar surface area (TPSA) is 3.24 Å². The zero-order chi connectivity index (χ0) is 7.56. The first-order valence-electron chi connectivity index (χ1n) is 3.10. The number of nitrogens with zero attached hydrogens (tertiary/aromatic N) is 1. The minimum atomic E-state index is 1.16. The van der Waals surface area contributed by atoms with E-state index in [0.717, 1.165) is 4.04 Å². The second-order valence-electron chi connectivity index (χ2n) is 2.34. The fraction of sp³-hybridized carbons (Fsp3) is 0.250. The van der Waals surface area contributed by atoms with Crippen LogP contribution in [0.25, 0.3) is 0 Å². The molecule has 0 saturated carbocycles. The van der Waals surface area contributed by atoms with Crippen LogP contribution < -0.4 is 8.94 Å². The Labute approximate surface area is 72.4 Å². The second kappa shape index (κ2) is 3.19. The van der Waals surface area contributed by atoms with Crippen LogP contribution in [-0.4, -0.2) is 14.1 Å². The molecule has 0 heterocycles. The van der Waals surface area contributed by atoms with Gasteiger partial charge in [0.1, 0.15) is 0 Å². The Kier molecular flexibility index (Phi) is 2.48. The van der Waals surface area contributed by atoms with Crippen molar-refractivity contribution in [1.82, 2.24) is 0 Å². The molecule has 0 amide bonds. The Bertz CT molecular complexity index is 203. The molecule has 0 fully saturated rings. The quantitative estimate of drug-likeness (QED) is 0.644. The molecule has 0 aromatic heterocycles. The number of benzene rings is 1. The molecule has 0 atom stereocenters. The van der Waals surface area contributed by atoms with Crippen LogP contribution >= 0.6 is 0 Å². The van der Waals surface area contributed by atoms with Gasteiger partial charge >= 0.3 is 72.2 Å².